The molecular formula is C19H32N2. The SMILES string of the molecule is CNC(c1ccccc1)C(C)CN1CC(C)CC(C)C1C. The third kappa shape index (κ3) is 4.08. The van der Waals surface area contributed by atoms with E-state index in [4.69, 9.17) is 0 Å². The number of likely N-dealkylation sites (tertiary alicyclic amines) is 1. The first-order valence-corrected chi connectivity index (χ1v) is 8.49. The Balaban J connectivity index is 2.03. The van der Waals surface area contributed by atoms with E-state index in [-0.39, 0.29) is 0 Å². The van der Waals surface area contributed by atoms with E-state index in [0.29, 0.717) is 18.0 Å². The molecule has 0 radical (unpaired) electrons. The van der Waals surface area contributed by atoms with Crippen LogP contribution in [0.3, 0.4) is 0 Å². The first-order chi connectivity index (χ1) is 10.0. The second kappa shape index (κ2) is 7.42. The summed E-state index contributed by atoms with van der Waals surface area (Å²) >= 11 is 0. The molecule has 1 saturated heterocycles. The Hall–Kier alpha value is -0.860. The molecule has 118 valence electrons. The van der Waals surface area contributed by atoms with E-state index in [1.165, 1.54) is 25.1 Å². The van der Waals surface area contributed by atoms with Crippen molar-refractivity contribution in [3.05, 3.63) is 35.9 Å². The Morgan fingerprint density at radius 1 is 1.19 bits per heavy atom. The first kappa shape index (κ1) is 16.5. The van der Waals surface area contributed by atoms with Crippen molar-refractivity contribution in [1.82, 2.24) is 10.2 Å². The van der Waals surface area contributed by atoms with Gasteiger partial charge in [0.25, 0.3) is 0 Å². The molecule has 0 spiro atoms. The standard InChI is InChI=1S/C19H32N2/c1-14-11-15(2)17(4)21(12-14)13-16(3)19(20-5)18-9-7-6-8-10-18/h6-10,14-17,19-20H,11-13H2,1-5H3. The van der Waals surface area contributed by atoms with Crippen molar-refractivity contribution in [1.29, 1.82) is 0 Å². The fourth-order valence-corrected chi connectivity index (χ4v) is 3.99. The number of piperidine rings is 1. The lowest BCUT2D eigenvalue weighted by Crippen LogP contribution is -2.48. The molecule has 1 aliphatic rings. The zero-order valence-corrected chi connectivity index (χ0v) is 14.3. The molecule has 2 nitrogen and oxygen atoms in total. The topological polar surface area (TPSA) is 15.3 Å². The van der Waals surface area contributed by atoms with Crippen molar-refractivity contribution < 1.29 is 0 Å². The van der Waals surface area contributed by atoms with Crippen LogP contribution < -0.4 is 5.32 Å². The number of hydrogen-bond acceptors (Lipinski definition) is 2. The smallest absolute Gasteiger partial charge is 0.0355 e. The minimum absolute atomic E-state index is 0.436. The molecule has 0 amide bonds. The molecule has 5 unspecified atom stereocenters. The van der Waals surface area contributed by atoms with Crippen molar-refractivity contribution in [3.63, 3.8) is 0 Å². The fourth-order valence-electron chi connectivity index (χ4n) is 3.99. The molecule has 1 N–H and O–H groups in total. The number of hydrogen-bond donors (Lipinski definition) is 1. The highest BCUT2D eigenvalue weighted by Crippen LogP contribution is 2.30. The number of nitrogens with one attached hydrogen (secondary N) is 1. The summed E-state index contributed by atoms with van der Waals surface area (Å²) < 4.78 is 0. The number of benzene rings is 1. The Morgan fingerprint density at radius 3 is 2.48 bits per heavy atom. The third-order valence-electron chi connectivity index (χ3n) is 5.28. The molecule has 21 heavy (non-hydrogen) atoms. The normalized spacial score (nSPS) is 30.0. The predicted octanol–water partition coefficient (Wildman–Crippen LogP) is 3.95. The summed E-state index contributed by atoms with van der Waals surface area (Å²) in [5.74, 6) is 2.25. The van der Waals surface area contributed by atoms with Crippen LogP contribution >= 0.6 is 0 Å². The van der Waals surface area contributed by atoms with Gasteiger partial charge in [-0.2, -0.15) is 0 Å². The molecule has 2 heteroatoms. The molecule has 0 bridgehead atoms. The van der Waals surface area contributed by atoms with Crippen LogP contribution in [0.4, 0.5) is 0 Å². The van der Waals surface area contributed by atoms with E-state index in [2.05, 4.69) is 75.3 Å². The molecule has 0 aliphatic carbocycles. The van der Waals surface area contributed by atoms with Crippen molar-refractivity contribution in [2.24, 2.45) is 17.8 Å². The van der Waals surface area contributed by atoms with Crippen molar-refractivity contribution in [2.45, 2.75) is 46.2 Å². The summed E-state index contributed by atoms with van der Waals surface area (Å²) in [5.41, 5.74) is 1.40. The average Bonchev–Trinajstić information content (AvgIpc) is 2.46. The molecular weight excluding hydrogens is 256 g/mol. The highest BCUT2D eigenvalue weighted by atomic mass is 15.2. The lowest BCUT2D eigenvalue weighted by atomic mass is 9.84. The van der Waals surface area contributed by atoms with Crippen LogP contribution in [0.5, 0.6) is 0 Å². The molecule has 1 heterocycles. The minimum atomic E-state index is 0.436. The summed E-state index contributed by atoms with van der Waals surface area (Å²) in [5, 5.41) is 3.52. The maximum absolute atomic E-state index is 3.52. The van der Waals surface area contributed by atoms with Crippen molar-refractivity contribution >= 4 is 0 Å². The van der Waals surface area contributed by atoms with Crippen molar-refractivity contribution in [3.8, 4) is 0 Å². The Kier molecular flexibility index (Phi) is 5.83. The summed E-state index contributed by atoms with van der Waals surface area (Å²) in [6.45, 7) is 12.0. The lowest BCUT2D eigenvalue weighted by Gasteiger charge is -2.43. The minimum Gasteiger partial charge on any atom is -0.313 e. The summed E-state index contributed by atoms with van der Waals surface area (Å²) in [6.07, 6.45) is 1.38. The van der Waals surface area contributed by atoms with Gasteiger partial charge in [-0.05, 0) is 43.7 Å². The molecule has 0 saturated carbocycles. The molecule has 5 atom stereocenters. The second-order valence-electron chi connectivity index (χ2n) is 7.17. The molecule has 2 rings (SSSR count). The molecule has 0 aromatic heterocycles. The first-order valence-electron chi connectivity index (χ1n) is 8.49. The molecule has 1 aliphatic heterocycles. The second-order valence-corrected chi connectivity index (χ2v) is 7.17. The highest BCUT2D eigenvalue weighted by Gasteiger charge is 2.30. The third-order valence-corrected chi connectivity index (χ3v) is 5.28. The van der Waals surface area contributed by atoms with Crippen LogP contribution in [0.1, 0.15) is 45.7 Å². The molecule has 1 aromatic rings. The lowest BCUT2D eigenvalue weighted by molar-refractivity contribution is 0.0615. The van der Waals surface area contributed by atoms with Crippen LogP contribution in [-0.2, 0) is 0 Å². The van der Waals surface area contributed by atoms with Gasteiger partial charge in [-0.1, -0.05) is 51.1 Å². The largest absolute Gasteiger partial charge is 0.313 e. The van der Waals surface area contributed by atoms with Gasteiger partial charge in [-0.25, -0.2) is 0 Å². The molecule has 1 aromatic carbocycles. The van der Waals surface area contributed by atoms with E-state index in [1.807, 2.05) is 0 Å². The van der Waals surface area contributed by atoms with Crippen LogP contribution in [0.25, 0.3) is 0 Å². The van der Waals surface area contributed by atoms with Crippen LogP contribution in [0, 0.1) is 17.8 Å². The van der Waals surface area contributed by atoms with E-state index in [1.54, 1.807) is 0 Å². The zero-order valence-electron chi connectivity index (χ0n) is 14.3. The predicted molar refractivity (Wildman–Crippen MR) is 91.4 cm³/mol. The maximum Gasteiger partial charge on any atom is 0.0355 e. The zero-order chi connectivity index (χ0) is 15.4. The maximum atomic E-state index is 3.52. The van der Waals surface area contributed by atoms with Gasteiger partial charge in [0.1, 0.15) is 0 Å². The monoisotopic (exact) mass is 288 g/mol. The Morgan fingerprint density at radius 2 is 1.86 bits per heavy atom. The van der Waals surface area contributed by atoms with Gasteiger partial charge in [0.05, 0.1) is 0 Å². The van der Waals surface area contributed by atoms with Crippen LogP contribution in [0.15, 0.2) is 30.3 Å². The van der Waals surface area contributed by atoms with E-state index in [0.717, 1.165) is 11.8 Å². The molecule has 1 fully saturated rings. The van der Waals surface area contributed by atoms with Gasteiger partial charge >= 0.3 is 0 Å². The van der Waals surface area contributed by atoms with E-state index in [9.17, 15) is 0 Å². The van der Waals surface area contributed by atoms with Gasteiger partial charge in [0.15, 0.2) is 0 Å². The van der Waals surface area contributed by atoms with Gasteiger partial charge < -0.3 is 5.32 Å². The summed E-state index contributed by atoms with van der Waals surface area (Å²) in [6, 6.07) is 12.0. The number of nitrogens with zero attached hydrogens (tertiary/aromatic N) is 1. The summed E-state index contributed by atoms with van der Waals surface area (Å²) in [4.78, 5) is 2.71. The van der Waals surface area contributed by atoms with Gasteiger partial charge in [0, 0.05) is 25.2 Å². The van der Waals surface area contributed by atoms with Crippen molar-refractivity contribution in [2.75, 3.05) is 20.1 Å². The van der Waals surface area contributed by atoms with Gasteiger partial charge in [0.2, 0.25) is 0 Å². The quantitative estimate of drug-likeness (QED) is 0.882. The van der Waals surface area contributed by atoms with Gasteiger partial charge in [-0.15, -0.1) is 0 Å². The van der Waals surface area contributed by atoms with Gasteiger partial charge in [-0.3, -0.25) is 4.90 Å². The summed E-state index contributed by atoms with van der Waals surface area (Å²) in [7, 11) is 2.08. The van der Waals surface area contributed by atoms with E-state index >= 15 is 0 Å². The van der Waals surface area contributed by atoms with E-state index < -0.39 is 0 Å². The number of rotatable bonds is 5. The van der Waals surface area contributed by atoms with Crippen LogP contribution in [-0.4, -0.2) is 31.1 Å². The highest BCUT2D eigenvalue weighted by molar-refractivity contribution is 5.19. The Labute approximate surface area is 130 Å². The average molecular weight is 288 g/mol. The van der Waals surface area contributed by atoms with Crippen LogP contribution in [0.2, 0.25) is 0 Å². The Bertz CT molecular complexity index is 417. The fraction of sp³-hybridized carbons (Fsp3) is 0.684.